The third-order valence-corrected chi connectivity index (χ3v) is 4.14. The first-order valence-electron chi connectivity index (χ1n) is 7.78. The van der Waals surface area contributed by atoms with Crippen LogP contribution in [0.1, 0.15) is 5.56 Å². The van der Waals surface area contributed by atoms with Crippen molar-refractivity contribution in [2.24, 2.45) is 5.92 Å². The molecule has 1 N–H and O–H groups in total. The summed E-state index contributed by atoms with van der Waals surface area (Å²) in [5.41, 5.74) is 2.50. The number of nitrogens with one attached hydrogen (secondary N) is 1. The summed E-state index contributed by atoms with van der Waals surface area (Å²) in [5.74, 6) is -1.30. The van der Waals surface area contributed by atoms with E-state index in [0.717, 1.165) is 23.7 Å². The van der Waals surface area contributed by atoms with Gasteiger partial charge in [-0.2, -0.15) is 0 Å². The van der Waals surface area contributed by atoms with Crippen LogP contribution in [0.4, 0.5) is 20.2 Å². The van der Waals surface area contributed by atoms with Crippen LogP contribution in [0.15, 0.2) is 55.1 Å². The molecule has 0 saturated carbocycles. The smallest absolute Gasteiger partial charge is 0.243 e. The predicted octanol–water partition coefficient (Wildman–Crippen LogP) is 3.58. The lowest BCUT2D eigenvalue weighted by atomic mass is 9.92. The van der Waals surface area contributed by atoms with Gasteiger partial charge in [-0.15, -0.1) is 0 Å². The van der Waals surface area contributed by atoms with Gasteiger partial charge in [0.2, 0.25) is 5.91 Å². The summed E-state index contributed by atoms with van der Waals surface area (Å²) >= 11 is 0. The first-order chi connectivity index (χ1) is 11.6. The number of fused-ring (bicyclic) bond motifs is 1. The molecule has 0 aliphatic carbocycles. The molecule has 0 radical (unpaired) electrons. The van der Waals surface area contributed by atoms with Crippen molar-refractivity contribution in [1.29, 1.82) is 0 Å². The highest BCUT2D eigenvalue weighted by Crippen LogP contribution is 2.35. The Balaban J connectivity index is 1.91. The molecule has 2 aromatic rings. The first-order valence-corrected chi connectivity index (χ1v) is 7.78. The first kappa shape index (κ1) is 16.2. The summed E-state index contributed by atoms with van der Waals surface area (Å²) in [6, 6.07) is 11.3. The lowest BCUT2D eigenvalue weighted by molar-refractivity contribution is -0.116. The molecular formula is C19H18F2N2O. The number of rotatable bonds is 4. The summed E-state index contributed by atoms with van der Waals surface area (Å²) in [7, 11) is 0. The largest absolute Gasteiger partial charge is 0.352 e. The van der Waals surface area contributed by atoms with Gasteiger partial charge in [-0.05, 0) is 42.2 Å². The highest BCUT2D eigenvalue weighted by atomic mass is 19.1. The molecule has 3 nitrogen and oxygen atoms in total. The molecule has 1 amide bonds. The Hall–Kier alpha value is -2.69. The van der Waals surface area contributed by atoms with Crippen molar-refractivity contribution in [2.45, 2.75) is 6.42 Å². The Kier molecular flexibility index (Phi) is 4.60. The van der Waals surface area contributed by atoms with Crippen LogP contribution in [0.2, 0.25) is 0 Å². The van der Waals surface area contributed by atoms with Gasteiger partial charge in [-0.25, -0.2) is 8.78 Å². The molecular weight excluding hydrogens is 310 g/mol. The van der Waals surface area contributed by atoms with E-state index in [2.05, 4.69) is 11.9 Å². The number of hydrogen-bond acceptors (Lipinski definition) is 2. The maximum Gasteiger partial charge on any atom is 0.243 e. The molecule has 0 fully saturated rings. The lowest BCUT2D eigenvalue weighted by Gasteiger charge is -2.36. The monoisotopic (exact) mass is 328 g/mol. The molecule has 1 aliphatic heterocycles. The van der Waals surface area contributed by atoms with Crippen molar-refractivity contribution in [1.82, 2.24) is 5.32 Å². The number of hydrogen-bond donors (Lipinski definition) is 1. The molecule has 0 saturated heterocycles. The van der Waals surface area contributed by atoms with Gasteiger partial charge < -0.3 is 10.2 Å². The molecule has 1 aliphatic rings. The van der Waals surface area contributed by atoms with Crippen LogP contribution in [0.25, 0.3) is 0 Å². The fourth-order valence-corrected chi connectivity index (χ4v) is 3.07. The molecule has 3 rings (SSSR count). The summed E-state index contributed by atoms with van der Waals surface area (Å²) in [6.07, 6.45) is 2.03. The molecule has 5 heteroatoms. The number of anilines is 2. The van der Waals surface area contributed by atoms with E-state index < -0.39 is 11.6 Å². The van der Waals surface area contributed by atoms with Crippen molar-refractivity contribution in [3.05, 3.63) is 72.3 Å². The molecule has 124 valence electrons. The average molecular weight is 328 g/mol. The summed E-state index contributed by atoms with van der Waals surface area (Å²) in [4.78, 5) is 13.3. The van der Waals surface area contributed by atoms with Gasteiger partial charge in [-0.3, -0.25) is 4.79 Å². The highest BCUT2D eigenvalue weighted by molar-refractivity contribution is 5.86. The van der Waals surface area contributed by atoms with Crippen molar-refractivity contribution < 1.29 is 13.6 Å². The van der Waals surface area contributed by atoms with E-state index in [1.54, 1.807) is 0 Å². The van der Waals surface area contributed by atoms with E-state index in [1.165, 1.54) is 18.2 Å². The van der Waals surface area contributed by atoms with Crippen LogP contribution in [0.3, 0.4) is 0 Å². The standard InChI is InChI=1S/C19H18F2N2O/c1-2-19(24)22-11-13-7-14-5-3-4-6-18(14)23(12-13)17-9-15(20)8-16(21)10-17/h2-6,8-10,13H,1,7,11-12H2,(H,22,24). The Labute approximate surface area is 139 Å². The average Bonchev–Trinajstić information content (AvgIpc) is 2.58. The normalized spacial score (nSPS) is 16.4. The maximum absolute atomic E-state index is 13.6. The zero-order valence-corrected chi connectivity index (χ0v) is 13.1. The summed E-state index contributed by atoms with van der Waals surface area (Å²) < 4.78 is 27.2. The number of para-hydroxylation sites is 1. The van der Waals surface area contributed by atoms with Crippen molar-refractivity contribution in [2.75, 3.05) is 18.0 Å². The number of carbonyl (C=O) groups excluding carboxylic acids is 1. The maximum atomic E-state index is 13.6. The molecule has 1 unspecified atom stereocenters. The Bertz CT molecular complexity index is 755. The molecule has 0 aromatic heterocycles. The van der Waals surface area contributed by atoms with E-state index in [9.17, 15) is 13.6 Å². The second-order valence-electron chi connectivity index (χ2n) is 5.89. The molecule has 0 bridgehead atoms. The van der Waals surface area contributed by atoms with Crippen LogP contribution in [-0.2, 0) is 11.2 Å². The van der Waals surface area contributed by atoms with Crippen LogP contribution in [0.5, 0.6) is 0 Å². The quantitative estimate of drug-likeness (QED) is 0.870. The number of nitrogens with zero attached hydrogens (tertiary/aromatic N) is 1. The van der Waals surface area contributed by atoms with Gasteiger partial charge in [0, 0.05) is 30.5 Å². The third-order valence-electron chi connectivity index (χ3n) is 4.14. The molecule has 24 heavy (non-hydrogen) atoms. The number of carbonyl (C=O) groups is 1. The van der Waals surface area contributed by atoms with E-state index in [4.69, 9.17) is 0 Å². The van der Waals surface area contributed by atoms with Gasteiger partial charge in [-0.1, -0.05) is 24.8 Å². The lowest BCUT2D eigenvalue weighted by Crippen LogP contribution is -2.39. The number of amides is 1. The Morgan fingerprint density at radius 3 is 2.67 bits per heavy atom. The zero-order chi connectivity index (χ0) is 17.1. The van der Waals surface area contributed by atoms with E-state index >= 15 is 0 Å². The SMILES string of the molecule is C=CC(=O)NCC1Cc2ccccc2N(c2cc(F)cc(F)c2)C1. The van der Waals surface area contributed by atoms with Crippen LogP contribution in [-0.4, -0.2) is 19.0 Å². The molecule has 1 atom stereocenters. The van der Waals surface area contributed by atoms with E-state index in [-0.39, 0.29) is 11.8 Å². The number of benzene rings is 2. The molecule has 0 spiro atoms. The van der Waals surface area contributed by atoms with Gasteiger partial charge in [0.15, 0.2) is 0 Å². The Morgan fingerprint density at radius 1 is 1.25 bits per heavy atom. The second-order valence-corrected chi connectivity index (χ2v) is 5.89. The van der Waals surface area contributed by atoms with Crippen molar-refractivity contribution in [3.8, 4) is 0 Å². The minimum atomic E-state index is -0.607. The molecule has 1 heterocycles. The summed E-state index contributed by atoms with van der Waals surface area (Å²) in [6.45, 7) is 4.48. The second kappa shape index (κ2) is 6.83. The van der Waals surface area contributed by atoms with Crippen LogP contribution >= 0.6 is 0 Å². The van der Waals surface area contributed by atoms with E-state index in [0.29, 0.717) is 18.8 Å². The Morgan fingerprint density at radius 2 is 1.96 bits per heavy atom. The highest BCUT2D eigenvalue weighted by Gasteiger charge is 2.26. The topological polar surface area (TPSA) is 32.3 Å². The van der Waals surface area contributed by atoms with Crippen LogP contribution < -0.4 is 10.2 Å². The number of halogens is 2. The van der Waals surface area contributed by atoms with Gasteiger partial charge >= 0.3 is 0 Å². The minimum absolute atomic E-state index is 0.134. The summed E-state index contributed by atoms with van der Waals surface area (Å²) in [5, 5.41) is 2.80. The van der Waals surface area contributed by atoms with Crippen LogP contribution in [0, 0.1) is 17.6 Å². The van der Waals surface area contributed by atoms with Gasteiger partial charge in [0.05, 0.1) is 0 Å². The molecule has 2 aromatic carbocycles. The fraction of sp³-hybridized carbons (Fsp3) is 0.211. The van der Waals surface area contributed by atoms with Gasteiger partial charge in [0.1, 0.15) is 11.6 Å². The van der Waals surface area contributed by atoms with E-state index in [1.807, 2.05) is 29.2 Å². The van der Waals surface area contributed by atoms with Gasteiger partial charge in [0.25, 0.3) is 0 Å². The van der Waals surface area contributed by atoms with Crippen molar-refractivity contribution in [3.63, 3.8) is 0 Å². The predicted molar refractivity (Wildman–Crippen MR) is 90.2 cm³/mol. The minimum Gasteiger partial charge on any atom is -0.352 e. The third kappa shape index (κ3) is 3.45. The van der Waals surface area contributed by atoms with Crippen molar-refractivity contribution >= 4 is 17.3 Å². The zero-order valence-electron chi connectivity index (χ0n) is 13.1. The fourth-order valence-electron chi connectivity index (χ4n) is 3.07.